The Bertz CT molecular complexity index is 164. The van der Waals surface area contributed by atoms with Gasteiger partial charge in [-0.3, -0.25) is 0 Å². The molecule has 2 heteroatoms. The van der Waals surface area contributed by atoms with Crippen molar-refractivity contribution in [1.82, 2.24) is 10.6 Å². The van der Waals surface area contributed by atoms with Crippen LogP contribution in [0.3, 0.4) is 0 Å². The maximum Gasteiger partial charge on any atom is 0.00790 e. The van der Waals surface area contributed by atoms with Gasteiger partial charge in [0.05, 0.1) is 0 Å². The first-order valence-electron chi connectivity index (χ1n) is 5.90. The van der Waals surface area contributed by atoms with Gasteiger partial charge < -0.3 is 10.6 Å². The van der Waals surface area contributed by atoms with E-state index in [0.717, 1.165) is 25.6 Å². The van der Waals surface area contributed by atoms with Gasteiger partial charge in [0.15, 0.2) is 0 Å². The lowest BCUT2D eigenvalue weighted by Gasteiger charge is -2.10. The van der Waals surface area contributed by atoms with E-state index in [4.69, 9.17) is 0 Å². The van der Waals surface area contributed by atoms with Crippen LogP contribution in [0.4, 0.5) is 0 Å². The van der Waals surface area contributed by atoms with Gasteiger partial charge in [0.2, 0.25) is 0 Å². The molecule has 1 aliphatic rings. The third-order valence-electron chi connectivity index (χ3n) is 2.66. The predicted molar refractivity (Wildman–Crippen MR) is 62.5 cm³/mol. The zero-order chi connectivity index (χ0) is 10.2. The van der Waals surface area contributed by atoms with Gasteiger partial charge in [0.1, 0.15) is 0 Å². The summed E-state index contributed by atoms with van der Waals surface area (Å²) in [7, 11) is 0. The van der Waals surface area contributed by atoms with E-state index in [1.807, 2.05) is 0 Å². The molecule has 0 aromatic carbocycles. The second kappa shape index (κ2) is 7.02. The summed E-state index contributed by atoms with van der Waals surface area (Å²) in [4.78, 5) is 0. The van der Waals surface area contributed by atoms with Gasteiger partial charge in [-0.15, -0.1) is 0 Å². The van der Waals surface area contributed by atoms with Gasteiger partial charge in [-0.05, 0) is 31.7 Å². The Balaban J connectivity index is 1.82. The van der Waals surface area contributed by atoms with Crippen molar-refractivity contribution >= 4 is 0 Å². The molecular formula is C12H24N2. The lowest BCUT2D eigenvalue weighted by molar-refractivity contribution is 0.512. The smallest absolute Gasteiger partial charge is 0.00790 e. The van der Waals surface area contributed by atoms with Crippen molar-refractivity contribution in [3.05, 3.63) is 12.2 Å². The fourth-order valence-corrected chi connectivity index (χ4v) is 1.80. The summed E-state index contributed by atoms with van der Waals surface area (Å²) >= 11 is 0. The van der Waals surface area contributed by atoms with Gasteiger partial charge in [-0.25, -0.2) is 0 Å². The summed E-state index contributed by atoms with van der Waals surface area (Å²) in [5.74, 6) is 0.848. The zero-order valence-corrected chi connectivity index (χ0v) is 9.55. The van der Waals surface area contributed by atoms with E-state index in [9.17, 15) is 0 Å². The minimum absolute atomic E-state index is 0.606. The van der Waals surface area contributed by atoms with Gasteiger partial charge in [-0.2, -0.15) is 0 Å². The Labute approximate surface area is 88.2 Å². The summed E-state index contributed by atoms with van der Waals surface area (Å²) in [5.41, 5.74) is 0. The van der Waals surface area contributed by atoms with Crippen LogP contribution < -0.4 is 10.6 Å². The molecule has 0 fully saturated rings. The van der Waals surface area contributed by atoms with E-state index >= 15 is 0 Å². The van der Waals surface area contributed by atoms with Crippen LogP contribution in [0.25, 0.3) is 0 Å². The highest BCUT2D eigenvalue weighted by Gasteiger charge is 2.07. The Morgan fingerprint density at radius 2 is 2.14 bits per heavy atom. The molecule has 0 aromatic heterocycles. The van der Waals surface area contributed by atoms with E-state index in [1.54, 1.807) is 0 Å². The summed E-state index contributed by atoms with van der Waals surface area (Å²) < 4.78 is 0. The molecule has 0 bridgehead atoms. The van der Waals surface area contributed by atoms with Crippen molar-refractivity contribution in [1.29, 1.82) is 0 Å². The second-order valence-corrected chi connectivity index (χ2v) is 4.41. The van der Waals surface area contributed by atoms with Crippen molar-refractivity contribution < 1.29 is 0 Å². The SMILES string of the molecule is CC(C)NCCNCCC1C=CCC1. The van der Waals surface area contributed by atoms with Crippen LogP contribution >= 0.6 is 0 Å². The molecule has 0 amide bonds. The number of hydrogen-bond acceptors (Lipinski definition) is 2. The van der Waals surface area contributed by atoms with Gasteiger partial charge in [-0.1, -0.05) is 26.0 Å². The lowest BCUT2D eigenvalue weighted by Crippen LogP contribution is -2.32. The van der Waals surface area contributed by atoms with Gasteiger partial charge >= 0.3 is 0 Å². The van der Waals surface area contributed by atoms with Crippen molar-refractivity contribution in [3.8, 4) is 0 Å². The number of nitrogens with one attached hydrogen (secondary N) is 2. The molecule has 0 spiro atoms. The Morgan fingerprint density at radius 3 is 2.79 bits per heavy atom. The van der Waals surface area contributed by atoms with Crippen molar-refractivity contribution in [2.45, 2.75) is 39.2 Å². The van der Waals surface area contributed by atoms with E-state index in [2.05, 4.69) is 36.6 Å². The summed E-state index contributed by atoms with van der Waals surface area (Å²) in [6, 6.07) is 0.606. The number of allylic oxidation sites excluding steroid dienone is 2. The Kier molecular flexibility index (Phi) is 5.88. The molecule has 2 nitrogen and oxygen atoms in total. The van der Waals surface area contributed by atoms with Crippen LogP contribution in [0.2, 0.25) is 0 Å². The molecule has 2 N–H and O–H groups in total. The topological polar surface area (TPSA) is 24.1 Å². The minimum atomic E-state index is 0.606. The van der Waals surface area contributed by atoms with Crippen LogP contribution in [0.15, 0.2) is 12.2 Å². The molecule has 14 heavy (non-hydrogen) atoms. The van der Waals surface area contributed by atoms with Crippen molar-refractivity contribution in [3.63, 3.8) is 0 Å². The van der Waals surface area contributed by atoms with E-state index in [-0.39, 0.29) is 0 Å². The van der Waals surface area contributed by atoms with Crippen molar-refractivity contribution in [2.24, 2.45) is 5.92 Å². The van der Waals surface area contributed by atoms with Crippen molar-refractivity contribution in [2.75, 3.05) is 19.6 Å². The normalized spacial score (nSPS) is 20.9. The summed E-state index contributed by atoms with van der Waals surface area (Å²) in [5, 5.41) is 6.87. The maximum atomic E-state index is 3.47. The highest BCUT2D eigenvalue weighted by molar-refractivity contribution is 4.95. The summed E-state index contributed by atoms with van der Waals surface area (Å²) in [6.07, 6.45) is 8.64. The number of rotatable bonds is 7. The molecule has 0 saturated carbocycles. The predicted octanol–water partition coefficient (Wildman–Crippen LogP) is 1.93. The third-order valence-corrected chi connectivity index (χ3v) is 2.66. The van der Waals surface area contributed by atoms with Crippen LogP contribution in [0, 0.1) is 5.92 Å². The van der Waals surface area contributed by atoms with E-state index in [1.165, 1.54) is 19.3 Å². The van der Waals surface area contributed by atoms with E-state index < -0.39 is 0 Å². The molecule has 82 valence electrons. The lowest BCUT2D eigenvalue weighted by atomic mass is 10.1. The van der Waals surface area contributed by atoms with Crippen LogP contribution in [-0.2, 0) is 0 Å². The highest BCUT2D eigenvalue weighted by Crippen LogP contribution is 2.19. The first-order valence-corrected chi connectivity index (χ1v) is 5.90. The van der Waals surface area contributed by atoms with E-state index in [0.29, 0.717) is 6.04 Å². The molecule has 0 saturated heterocycles. The molecule has 0 heterocycles. The van der Waals surface area contributed by atoms with Crippen LogP contribution in [0.5, 0.6) is 0 Å². The molecule has 1 aliphatic carbocycles. The quantitative estimate of drug-likeness (QED) is 0.480. The maximum absolute atomic E-state index is 3.47. The fraction of sp³-hybridized carbons (Fsp3) is 0.833. The standard InChI is InChI=1S/C12H24N2/c1-11(2)14-10-9-13-8-7-12-5-3-4-6-12/h3,5,11-14H,4,6-10H2,1-2H3. The fourth-order valence-electron chi connectivity index (χ4n) is 1.80. The second-order valence-electron chi connectivity index (χ2n) is 4.41. The molecule has 0 radical (unpaired) electrons. The van der Waals surface area contributed by atoms with Crippen LogP contribution in [0.1, 0.15) is 33.1 Å². The third kappa shape index (κ3) is 5.40. The highest BCUT2D eigenvalue weighted by atomic mass is 14.9. The molecule has 1 atom stereocenters. The molecular weight excluding hydrogens is 172 g/mol. The molecule has 1 rings (SSSR count). The summed E-state index contributed by atoms with van der Waals surface area (Å²) in [6.45, 7) is 7.70. The first kappa shape index (κ1) is 11.7. The molecule has 1 unspecified atom stereocenters. The Hall–Kier alpha value is -0.340. The minimum Gasteiger partial charge on any atom is -0.315 e. The average Bonchev–Trinajstić information content (AvgIpc) is 2.63. The zero-order valence-electron chi connectivity index (χ0n) is 9.55. The van der Waals surface area contributed by atoms with Gasteiger partial charge in [0, 0.05) is 19.1 Å². The van der Waals surface area contributed by atoms with Gasteiger partial charge in [0.25, 0.3) is 0 Å². The molecule has 0 aromatic rings. The number of hydrogen-bond donors (Lipinski definition) is 2. The Morgan fingerprint density at radius 1 is 1.29 bits per heavy atom. The largest absolute Gasteiger partial charge is 0.315 e. The average molecular weight is 196 g/mol. The van der Waals surface area contributed by atoms with Crippen LogP contribution in [-0.4, -0.2) is 25.7 Å². The first-order chi connectivity index (χ1) is 6.79. The molecule has 0 aliphatic heterocycles. The monoisotopic (exact) mass is 196 g/mol.